The number of nitrogens with two attached hydrogens (primary N) is 1. The van der Waals surface area contributed by atoms with Crippen LogP contribution in [0.1, 0.15) is 16.8 Å². The van der Waals surface area contributed by atoms with E-state index in [2.05, 4.69) is 4.90 Å². The molecule has 0 fully saturated rings. The van der Waals surface area contributed by atoms with Gasteiger partial charge in [0.15, 0.2) is 0 Å². The van der Waals surface area contributed by atoms with Crippen molar-refractivity contribution < 1.29 is 4.79 Å². The summed E-state index contributed by atoms with van der Waals surface area (Å²) in [7, 11) is 5.86. The molecule has 0 saturated heterocycles. The third-order valence-electron chi connectivity index (χ3n) is 2.64. The van der Waals surface area contributed by atoms with Crippen LogP contribution in [0.5, 0.6) is 0 Å². The summed E-state index contributed by atoms with van der Waals surface area (Å²) < 4.78 is 0. The Kier molecular flexibility index (Phi) is 4.97. The summed E-state index contributed by atoms with van der Waals surface area (Å²) in [6, 6.07) is 7.18. The maximum Gasteiger partial charge on any atom is 0.255 e. The lowest BCUT2D eigenvalue weighted by Crippen LogP contribution is -2.30. The maximum absolute atomic E-state index is 12.1. The average molecular weight is 235 g/mol. The van der Waals surface area contributed by atoms with Crippen molar-refractivity contribution >= 4 is 11.6 Å². The lowest BCUT2D eigenvalue weighted by molar-refractivity contribution is 0.0791. The number of benzene rings is 1. The first-order valence-electron chi connectivity index (χ1n) is 5.77. The Morgan fingerprint density at radius 3 is 2.41 bits per heavy atom. The first kappa shape index (κ1) is 13.5. The Morgan fingerprint density at radius 1 is 1.18 bits per heavy atom. The van der Waals surface area contributed by atoms with Crippen LogP contribution in [0.4, 0.5) is 5.69 Å². The predicted octanol–water partition coefficient (Wildman–Crippen LogP) is 1.29. The van der Waals surface area contributed by atoms with Crippen molar-refractivity contribution in [1.82, 2.24) is 9.80 Å². The molecule has 0 spiro atoms. The van der Waals surface area contributed by atoms with E-state index in [-0.39, 0.29) is 5.91 Å². The van der Waals surface area contributed by atoms with Crippen LogP contribution in [0.2, 0.25) is 0 Å². The van der Waals surface area contributed by atoms with Crippen molar-refractivity contribution in [1.29, 1.82) is 0 Å². The minimum Gasteiger partial charge on any atom is -0.398 e. The zero-order chi connectivity index (χ0) is 12.8. The summed E-state index contributed by atoms with van der Waals surface area (Å²) in [6.45, 7) is 1.72. The predicted molar refractivity (Wildman–Crippen MR) is 71.0 cm³/mol. The largest absolute Gasteiger partial charge is 0.398 e. The number of nitrogen functional groups attached to an aromatic ring is 1. The summed E-state index contributed by atoms with van der Waals surface area (Å²) in [5.74, 6) is -0.0122. The molecule has 1 amide bonds. The molecule has 17 heavy (non-hydrogen) atoms. The first-order valence-corrected chi connectivity index (χ1v) is 5.77. The molecule has 0 aliphatic rings. The van der Waals surface area contributed by atoms with Gasteiger partial charge < -0.3 is 15.5 Å². The SMILES string of the molecule is CN(C)CCCN(C)C(=O)c1ccccc1N. The number of carbonyl (C=O) groups excluding carboxylic acids is 1. The normalized spacial score (nSPS) is 10.6. The number of nitrogens with zero attached hydrogens (tertiary/aromatic N) is 2. The molecule has 0 atom stereocenters. The fourth-order valence-corrected chi connectivity index (χ4v) is 1.62. The quantitative estimate of drug-likeness (QED) is 0.782. The van der Waals surface area contributed by atoms with Crippen LogP contribution in [0.25, 0.3) is 0 Å². The van der Waals surface area contributed by atoms with Crippen molar-refractivity contribution in [2.45, 2.75) is 6.42 Å². The van der Waals surface area contributed by atoms with Gasteiger partial charge >= 0.3 is 0 Å². The third-order valence-corrected chi connectivity index (χ3v) is 2.64. The Hall–Kier alpha value is -1.55. The van der Waals surface area contributed by atoms with E-state index >= 15 is 0 Å². The third kappa shape index (κ3) is 4.07. The minimum atomic E-state index is -0.0122. The van der Waals surface area contributed by atoms with Crippen LogP contribution in [0.3, 0.4) is 0 Å². The number of hydrogen-bond donors (Lipinski definition) is 1. The van der Waals surface area contributed by atoms with Gasteiger partial charge in [-0.05, 0) is 39.2 Å². The molecule has 0 aliphatic heterocycles. The van der Waals surface area contributed by atoms with Gasteiger partial charge in [0.2, 0.25) is 0 Å². The second kappa shape index (κ2) is 6.25. The molecule has 0 unspecified atom stereocenters. The Bertz CT molecular complexity index is 377. The van der Waals surface area contributed by atoms with Gasteiger partial charge in [-0.25, -0.2) is 0 Å². The second-order valence-electron chi connectivity index (χ2n) is 4.47. The van der Waals surface area contributed by atoms with Crippen LogP contribution in [0, 0.1) is 0 Å². The molecule has 0 heterocycles. The summed E-state index contributed by atoms with van der Waals surface area (Å²) >= 11 is 0. The monoisotopic (exact) mass is 235 g/mol. The first-order chi connectivity index (χ1) is 8.02. The fraction of sp³-hybridized carbons (Fsp3) is 0.462. The Balaban J connectivity index is 2.55. The molecule has 1 rings (SSSR count). The van der Waals surface area contributed by atoms with E-state index in [1.165, 1.54) is 0 Å². The highest BCUT2D eigenvalue weighted by atomic mass is 16.2. The van der Waals surface area contributed by atoms with Gasteiger partial charge in [-0.3, -0.25) is 4.79 Å². The molecule has 1 aromatic carbocycles. The summed E-state index contributed by atoms with van der Waals surface area (Å²) in [5.41, 5.74) is 6.90. The van der Waals surface area contributed by atoms with Gasteiger partial charge in [0.25, 0.3) is 5.91 Å². The van der Waals surface area contributed by atoms with Crippen LogP contribution in [-0.2, 0) is 0 Å². The molecule has 2 N–H and O–H groups in total. The van der Waals surface area contributed by atoms with E-state index in [0.29, 0.717) is 11.3 Å². The number of hydrogen-bond acceptors (Lipinski definition) is 3. The average Bonchev–Trinajstić information content (AvgIpc) is 2.28. The lowest BCUT2D eigenvalue weighted by Gasteiger charge is -2.19. The lowest BCUT2D eigenvalue weighted by atomic mass is 10.1. The standard InChI is InChI=1S/C13H21N3O/c1-15(2)9-6-10-16(3)13(17)11-7-4-5-8-12(11)14/h4-5,7-8H,6,9-10,14H2,1-3H3. The van der Waals surface area contributed by atoms with E-state index in [1.54, 1.807) is 17.0 Å². The molecular weight excluding hydrogens is 214 g/mol. The van der Waals surface area contributed by atoms with Gasteiger partial charge in [-0.15, -0.1) is 0 Å². The maximum atomic E-state index is 12.1. The molecule has 0 radical (unpaired) electrons. The summed E-state index contributed by atoms with van der Waals surface area (Å²) in [4.78, 5) is 15.9. The van der Waals surface area contributed by atoms with Crippen molar-refractivity contribution in [2.75, 3.05) is 40.0 Å². The van der Waals surface area contributed by atoms with Gasteiger partial charge in [0.05, 0.1) is 5.56 Å². The van der Waals surface area contributed by atoms with Crippen molar-refractivity contribution in [2.24, 2.45) is 0 Å². The smallest absolute Gasteiger partial charge is 0.255 e. The zero-order valence-electron chi connectivity index (χ0n) is 10.8. The van der Waals surface area contributed by atoms with E-state index in [0.717, 1.165) is 19.5 Å². The van der Waals surface area contributed by atoms with Gasteiger partial charge in [-0.2, -0.15) is 0 Å². The van der Waals surface area contributed by atoms with E-state index in [4.69, 9.17) is 5.73 Å². The Morgan fingerprint density at radius 2 is 1.82 bits per heavy atom. The molecule has 0 bridgehead atoms. The van der Waals surface area contributed by atoms with Crippen LogP contribution >= 0.6 is 0 Å². The Labute approximate surface area is 103 Å². The van der Waals surface area contributed by atoms with E-state index in [1.807, 2.05) is 33.3 Å². The number of carbonyl (C=O) groups is 1. The highest BCUT2D eigenvalue weighted by Gasteiger charge is 2.13. The second-order valence-corrected chi connectivity index (χ2v) is 4.47. The molecule has 94 valence electrons. The number of para-hydroxylation sites is 1. The molecule has 4 nitrogen and oxygen atoms in total. The topological polar surface area (TPSA) is 49.6 Å². The minimum absolute atomic E-state index is 0.0122. The van der Waals surface area contributed by atoms with Crippen molar-refractivity contribution in [3.05, 3.63) is 29.8 Å². The van der Waals surface area contributed by atoms with E-state index in [9.17, 15) is 4.79 Å². The van der Waals surface area contributed by atoms with Crippen LogP contribution < -0.4 is 5.73 Å². The highest BCUT2D eigenvalue weighted by molar-refractivity contribution is 5.98. The molecule has 0 aromatic heterocycles. The van der Waals surface area contributed by atoms with Crippen molar-refractivity contribution in [3.8, 4) is 0 Å². The molecule has 0 aliphatic carbocycles. The zero-order valence-corrected chi connectivity index (χ0v) is 10.8. The molecular formula is C13H21N3O. The van der Waals surface area contributed by atoms with Gasteiger partial charge in [-0.1, -0.05) is 12.1 Å². The number of amides is 1. The molecule has 4 heteroatoms. The highest BCUT2D eigenvalue weighted by Crippen LogP contribution is 2.12. The number of rotatable bonds is 5. The summed E-state index contributed by atoms with van der Waals surface area (Å²) in [5, 5.41) is 0. The van der Waals surface area contributed by atoms with Gasteiger partial charge in [0, 0.05) is 19.3 Å². The molecule has 1 aromatic rings. The summed E-state index contributed by atoms with van der Waals surface area (Å²) in [6.07, 6.45) is 0.960. The van der Waals surface area contributed by atoms with Gasteiger partial charge in [0.1, 0.15) is 0 Å². The van der Waals surface area contributed by atoms with Crippen LogP contribution in [-0.4, -0.2) is 49.9 Å². The fourth-order valence-electron chi connectivity index (χ4n) is 1.62. The van der Waals surface area contributed by atoms with Crippen LogP contribution in [0.15, 0.2) is 24.3 Å². The van der Waals surface area contributed by atoms with E-state index < -0.39 is 0 Å². The van der Waals surface area contributed by atoms with Crippen molar-refractivity contribution in [3.63, 3.8) is 0 Å². The number of anilines is 1. The molecule has 0 saturated carbocycles.